The molecule has 0 aliphatic heterocycles. The van der Waals surface area contributed by atoms with Crippen LogP contribution in [0, 0.1) is 83.0 Å². The molecular formula is C25H48Hf. The summed E-state index contributed by atoms with van der Waals surface area (Å²) < 4.78 is 0. The fourth-order valence-electron chi connectivity index (χ4n) is 5.07. The molecule has 0 nitrogen and oxygen atoms in total. The SMILES string of the molecule is CC1C(C)C(C)C(C)C1C.CC1CC(C)C2C=CC=CC12.[CH3-].[CH3-].[CH3-].[CH3-].[Hf+4]. The van der Waals surface area contributed by atoms with Crippen LogP contribution in [0.25, 0.3) is 0 Å². The van der Waals surface area contributed by atoms with Crippen LogP contribution in [0.4, 0.5) is 0 Å². The van der Waals surface area contributed by atoms with E-state index in [0.717, 1.165) is 53.3 Å². The van der Waals surface area contributed by atoms with E-state index in [9.17, 15) is 0 Å². The summed E-state index contributed by atoms with van der Waals surface area (Å²) in [5.74, 6) is 8.16. The molecule has 26 heavy (non-hydrogen) atoms. The summed E-state index contributed by atoms with van der Waals surface area (Å²) in [6.45, 7) is 16.8. The molecule has 0 aromatic rings. The molecule has 4 atom stereocenters. The number of rotatable bonds is 0. The summed E-state index contributed by atoms with van der Waals surface area (Å²) >= 11 is 0. The molecule has 3 rings (SSSR count). The first-order chi connectivity index (χ1) is 9.84. The molecule has 0 saturated heterocycles. The van der Waals surface area contributed by atoms with Crippen molar-refractivity contribution in [2.24, 2.45) is 53.3 Å². The van der Waals surface area contributed by atoms with Gasteiger partial charge in [0.15, 0.2) is 0 Å². The van der Waals surface area contributed by atoms with Gasteiger partial charge < -0.3 is 29.7 Å². The molecule has 3 aliphatic carbocycles. The predicted octanol–water partition coefficient (Wildman–Crippen LogP) is 8.00. The predicted molar refractivity (Wildman–Crippen MR) is 120 cm³/mol. The van der Waals surface area contributed by atoms with E-state index in [-0.39, 0.29) is 55.5 Å². The Morgan fingerprint density at radius 3 is 0.962 bits per heavy atom. The zero-order valence-corrected chi connectivity index (χ0v) is 23.3. The average Bonchev–Trinajstić information content (AvgIpc) is 2.86. The van der Waals surface area contributed by atoms with Crippen molar-refractivity contribution < 1.29 is 25.8 Å². The Labute approximate surface area is 187 Å². The summed E-state index contributed by atoms with van der Waals surface area (Å²) in [5.41, 5.74) is 0. The first kappa shape index (κ1) is 33.9. The molecule has 2 saturated carbocycles. The van der Waals surface area contributed by atoms with Crippen LogP contribution in [0.15, 0.2) is 24.3 Å². The van der Waals surface area contributed by atoms with E-state index in [4.69, 9.17) is 0 Å². The van der Waals surface area contributed by atoms with Crippen LogP contribution in [0.2, 0.25) is 0 Å². The van der Waals surface area contributed by atoms with Gasteiger partial charge in [0, 0.05) is 0 Å². The molecule has 4 unspecified atom stereocenters. The summed E-state index contributed by atoms with van der Waals surface area (Å²) in [6, 6.07) is 0. The second-order valence-electron chi connectivity index (χ2n) is 8.41. The molecule has 0 aromatic carbocycles. The van der Waals surface area contributed by atoms with Crippen LogP contribution in [0.1, 0.15) is 54.9 Å². The maximum absolute atomic E-state index is 2.40. The van der Waals surface area contributed by atoms with Gasteiger partial charge in [0.2, 0.25) is 0 Å². The molecule has 0 aromatic heterocycles. The van der Waals surface area contributed by atoms with E-state index < -0.39 is 0 Å². The van der Waals surface area contributed by atoms with Crippen LogP contribution >= 0.6 is 0 Å². The molecule has 0 amide bonds. The zero-order valence-electron chi connectivity index (χ0n) is 19.7. The molecule has 0 spiro atoms. The van der Waals surface area contributed by atoms with Crippen LogP contribution in [0.3, 0.4) is 0 Å². The van der Waals surface area contributed by atoms with E-state index in [2.05, 4.69) is 72.8 Å². The molecule has 0 N–H and O–H groups in total. The van der Waals surface area contributed by atoms with Crippen molar-refractivity contribution in [1.82, 2.24) is 0 Å². The first-order valence-electron chi connectivity index (χ1n) is 9.19. The molecule has 0 heterocycles. The molecule has 2 fully saturated rings. The van der Waals surface area contributed by atoms with E-state index in [1.807, 2.05) is 0 Å². The quantitative estimate of drug-likeness (QED) is 0.221. The number of hydrogen-bond acceptors (Lipinski definition) is 0. The third-order valence-electron chi connectivity index (χ3n) is 7.43. The summed E-state index contributed by atoms with van der Waals surface area (Å²) in [5, 5.41) is 0. The van der Waals surface area contributed by atoms with Crippen molar-refractivity contribution in [3.05, 3.63) is 54.0 Å². The number of allylic oxidation sites excluding steroid dienone is 4. The molecule has 0 bridgehead atoms. The molecule has 1 heteroatoms. The van der Waals surface area contributed by atoms with Gasteiger partial charge in [-0.1, -0.05) is 72.8 Å². The van der Waals surface area contributed by atoms with Gasteiger partial charge >= 0.3 is 25.8 Å². The van der Waals surface area contributed by atoms with Gasteiger partial charge in [-0.15, -0.1) is 0 Å². The second kappa shape index (κ2) is 14.4. The van der Waals surface area contributed by atoms with Crippen LogP contribution in [-0.2, 0) is 25.8 Å². The van der Waals surface area contributed by atoms with Gasteiger partial charge in [-0.05, 0) is 59.7 Å². The Kier molecular flexibility index (Phi) is 18.7. The first-order valence-corrected chi connectivity index (χ1v) is 9.19. The minimum absolute atomic E-state index is 0. The fourth-order valence-corrected chi connectivity index (χ4v) is 5.07. The Balaban J connectivity index is -0.000000157. The largest absolute Gasteiger partial charge is 4.00 e. The van der Waals surface area contributed by atoms with Crippen molar-refractivity contribution >= 4 is 0 Å². The van der Waals surface area contributed by atoms with Crippen molar-refractivity contribution in [1.29, 1.82) is 0 Å². The monoisotopic (exact) mass is 528 g/mol. The normalized spacial score (nSPS) is 41.6. The van der Waals surface area contributed by atoms with Gasteiger partial charge in [-0.2, -0.15) is 0 Å². The van der Waals surface area contributed by atoms with Crippen molar-refractivity contribution in [2.75, 3.05) is 0 Å². The Morgan fingerprint density at radius 1 is 0.500 bits per heavy atom. The van der Waals surface area contributed by atoms with E-state index in [0.29, 0.717) is 0 Å². The fraction of sp³-hybridized carbons (Fsp3) is 0.680. The van der Waals surface area contributed by atoms with Gasteiger partial charge in [0.1, 0.15) is 0 Å². The standard InChI is InChI=1S/C11H16.C10H20.4CH3.Hf/c1-8-7-9(2)11-6-4-3-5-10(8)11;1-6-7(2)9(4)10(5)8(6)3;;;;;/h3-6,8-11H,7H2,1-2H3;6-10H,1-5H3;4*1H3;/q;;4*-1;+4. The minimum atomic E-state index is 0. The number of hydrogen-bond donors (Lipinski definition) is 0. The smallest absolute Gasteiger partial charge is 0.358 e. The molecule has 152 valence electrons. The number of fused-ring (bicyclic) bond motifs is 1. The van der Waals surface area contributed by atoms with Crippen LogP contribution in [0.5, 0.6) is 0 Å². The second-order valence-corrected chi connectivity index (χ2v) is 8.41. The Morgan fingerprint density at radius 2 is 0.731 bits per heavy atom. The van der Waals surface area contributed by atoms with Crippen molar-refractivity contribution in [3.63, 3.8) is 0 Å². The maximum atomic E-state index is 2.40. The summed E-state index contributed by atoms with van der Waals surface area (Å²) in [6.07, 6.45) is 10.6. The summed E-state index contributed by atoms with van der Waals surface area (Å²) in [7, 11) is 0. The van der Waals surface area contributed by atoms with Crippen LogP contribution in [-0.4, -0.2) is 0 Å². The molecule has 0 radical (unpaired) electrons. The third-order valence-corrected chi connectivity index (χ3v) is 7.43. The van der Waals surface area contributed by atoms with E-state index >= 15 is 0 Å². The maximum Gasteiger partial charge on any atom is 4.00 e. The molecule has 3 aliphatic rings. The van der Waals surface area contributed by atoms with Crippen molar-refractivity contribution in [3.8, 4) is 0 Å². The van der Waals surface area contributed by atoms with E-state index in [1.54, 1.807) is 0 Å². The topological polar surface area (TPSA) is 0 Å². The van der Waals surface area contributed by atoms with Crippen LogP contribution < -0.4 is 0 Å². The Hall–Kier alpha value is 0.350. The van der Waals surface area contributed by atoms with Gasteiger partial charge in [0.05, 0.1) is 0 Å². The average molecular weight is 527 g/mol. The summed E-state index contributed by atoms with van der Waals surface area (Å²) in [4.78, 5) is 0. The van der Waals surface area contributed by atoms with Crippen molar-refractivity contribution in [2.45, 2.75) is 54.9 Å². The molecular weight excluding hydrogens is 479 g/mol. The zero-order chi connectivity index (χ0) is 15.7. The van der Waals surface area contributed by atoms with Gasteiger partial charge in [0.25, 0.3) is 0 Å². The van der Waals surface area contributed by atoms with Gasteiger partial charge in [-0.25, -0.2) is 0 Å². The van der Waals surface area contributed by atoms with Gasteiger partial charge in [-0.3, -0.25) is 0 Å². The minimum Gasteiger partial charge on any atom is -0.358 e. The van der Waals surface area contributed by atoms with E-state index in [1.165, 1.54) is 6.42 Å². The Bertz CT molecular complexity index is 330. The third kappa shape index (κ3) is 7.06.